The van der Waals surface area contributed by atoms with E-state index < -0.39 is 6.10 Å². The molecule has 2 heterocycles. The van der Waals surface area contributed by atoms with Gasteiger partial charge in [-0.2, -0.15) is 0 Å². The topological polar surface area (TPSA) is 58.0 Å². The van der Waals surface area contributed by atoms with Gasteiger partial charge in [0.25, 0.3) is 0 Å². The predicted octanol–water partition coefficient (Wildman–Crippen LogP) is 3.10. The van der Waals surface area contributed by atoms with Crippen molar-refractivity contribution in [2.45, 2.75) is 25.5 Å². The van der Waals surface area contributed by atoms with Crippen molar-refractivity contribution >= 4 is 27.4 Å². The molecule has 2 N–H and O–H groups in total. The average Bonchev–Trinajstić information content (AvgIpc) is 2.98. The Labute approximate surface area is 127 Å². The normalized spacial score (nSPS) is 14.0. The standard InChI is InChI=1S/C16H17N3OS/c1-11(14(20)9-12-5-3-2-4-6-12)19-15-13-7-8-21-16(13)18-10-17-15/h2-8,10-11,14,20H,9H2,1H3,(H,17,18,19). The molecule has 108 valence electrons. The van der Waals surface area contributed by atoms with Crippen LogP contribution in [0.4, 0.5) is 5.82 Å². The molecule has 0 amide bonds. The lowest BCUT2D eigenvalue weighted by atomic mass is 10.0. The van der Waals surface area contributed by atoms with E-state index in [0.29, 0.717) is 6.42 Å². The van der Waals surface area contributed by atoms with Crippen molar-refractivity contribution in [2.24, 2.45) is 0 Å². The summed E-state index contributed by atoms with van der Waals surface area (Å²) in [5.74, 6) is 0.779. The van der Waals surface area contributed by atoms with Gasteiger partial charge in [0.05, 0.1) is 17.5 Å². The number of rotatable bonds is 5. The second-order valence-electron chi connectivity index (χ2n) is 5.05. The third-order valence-electron chi connectivity index (χ3n) is 3.49. The zero-order valence-electron chi connectivity index (χ0n) is 11.7. The van der Waals surface area contributed by atoms with Gasteiger partial charge in [-0.25, -0.2) is 9.97 Å². The zero-order valence-corrected chi connectivity index (χ0v) is 12.5. The lowest BCUT2D eigenvalue weighted by molar-refractivity contribution is 0.158. The van der Waals surface area contributed by atoms with Gasteiger partial charge in [0.2, 0.25) is 0 Å². The molecule has 0 saturated heterocycles. The molecule has 5 heteroatoms. The van der Waals surface area contributed by atoms with Crippen LogP contribution in [0.3, 0.4) is 0 Å². The van der Waals surface area contributed by atoms with Crippen molar-refractivity contribution in [1.29, 1.82) is 0 Å². The number of nitrogens with one attached hydrogen (secondary N) is 1. The molecule has 0 spiro atoms. The van der Waals surface area contributed by atoms with Crippen molar-refractivity contribution in [3.8, 4) is 0 Å². The van der Waals surface area contributed by atoms with Gasteiger partial charge in [-0.1, -0.05) is 30.3 Å². The third-order valence-corrected chi connectivity index (χ3v) is 4.31. The maximum absolute atomic E-state index is 10.4. The highest BCUT2D eigenvalue weighted by Gasteiger charge is 2.16. The van der Waals surface area contributed by atoms with Gasteiger partial charge in [-0.05, 0) is 23.9 Å². The van der Waals surface area contributed by atoms with Gasteiger partial charge < -0.3 is 10.4 Å². The number of nitrogens with zero attached hydrogens (tertiary/aromatic N) is 2. The van der Waals surface area contributed by atoms with E-state index in [4.69, 9.17) is 0 Å². The monoisotopic (exact) mass is 299 g/mol. The minimum atomic E-state index is -0.476. The molecule has 0 aliphatic heterocycles. The second kappa shape index (κ2) is 6.20. The Hall–Kier alpha value is -1.98. The highest BCUT2D eigenvalue weighted by molar-refractivity contribution is 7.16. The smallest absolute Gasteiger partial charge is 0.138 e. The van der Waals surface area contributed by atoms with E-state index in [1.807, 2.05) is 48.7 Å². The third kappa shape index (κ3) is 3.20. The largest absolute Gasteiger partial charge is 0.391 e. The van der Waals surface area contributed by atoms with Crippen molar-refractivity contribution in [1.82, 2.24) is 9.97 Å². The molecule has 3 rings (SSSR count). The van der Waals surface area contributed by atoms with Gasteiger partial charge >= 0.3 is 0 Å². The number of aliphatic hydroxyl groups excluding tert-OH is 1. The van der Waals surface area contributed by atoms with Crippen molar-refractivity contribution in [2.75, 3.05) is 5.32 Å². The van der Waals surface area contributed by atoms with Gasteiger partial charge in [-0.15, -0.1) is 11.3 Å². The molecular weight excluding hydrogens is 282 g/mol. The lowest BCUT2D eigenvalue weighted by Gasteiger charge is -2.21. The summed E-state index contributed by atoms with van der Waals surface area (Å²) >= 11 is 1.59. The minimum Gasteiger partial charge on any atom is -0.391 e. The molecule has 2 unspecified atom stereocenters. The molecular formula is C16H17N3OS. The summed E-state index contributed by atoms with van der Waals surface area (Å²) in [4.78, 5) is 9.46. The lowest BCUT2D eigenvalue weighted by Crippen LogP contribution is -2.32. The second-order valence-corrected chi connectivity index (χ2v) is 5.95. The fourth-order valence-corrected chi connectivity index (χ4v) is 2.98. The van der Waals surface area contributed by atoms with Crippen molar-refractivity contribution in [3.63, 3.8) is 0 Å². The average molecular weight is 299 g/mol. The van der Waals surface area contributed by atoms with Crippen LogP contribution in [0.15, 0.2) is 48.1 Å². The highest BCUT2D eigenvalue weighted by atomic mass is 32.1. The first-order valence-corrected chi connectivity index (χ1v) is 7.79. The number of aliphatic hydroxyl groups is 1. The van der Waals surface area contributed by atoms with E-state index in [-0.39, 0.29) is 6.04 Å². The predicted molar refractivity (Wildman–Crippen MR) is 86.7 cm³/mol. The van der Waals surface area contributed by atoms with Crippen LogP contribution in [0.2, 0.25) is 0 Å². The first kappa shape index (κ1) is 14.0. The molecule has 1 aromatic carbocycles. The van der Waals surface area contributed by atoms with Crippen LogP contribution in [0, 0.1) is 0 Å². The van der Waals surface area contributed by atoms with Gasteiger partial charge in [0.15, 0.2) is 0 Å². The van der Waals surface area contributed by atoms with Crippen LogP contribution in [0.1, 0.15) is 12.5 Å². The van der Waals surface area contributed by atoms with E-state index in [1.165, 1.54) is 0 Å². The first-order valence-electron chi connectivity index (χ1n) is 6.91. The molecule has 2 atom stereocenters. The van der Waals surface area contributed by atoms with Crippen LogP contribution < -0.4 is 5.32 Å². The summed E-state index contributed by atoms with van der Waals surface area (Å²) in [6, 6.07) is 11.9. The number of benzene rings is 1. The highest BCUT2D eigenvalue weighted by Crippen LogP contribution is 2.24. The van der Waals surface area contributed by atoms with E-state index in [1.54, 1.807) is 17.7 Å². The summed E-state index contributed by atoms with van der Waals surface area (Å²) < 4.78 is 0. The Kier molecular flexibility index (Phi) is 4.13. The summed E-state index contributed by atoms with van der Waals surface area (Å²) in [5.41, 5.74) is 1.13. The SMILES string of the molecule is CC(Nc1ncnc2sccc12)C(O)Cc1ccccc1. The Morgan fingerprint density at radius 2 is 2.00 bits per heavy atom. The summed E-state index contributed by atoms with van der Waals surface area (Å²) in [7, 11) is 0. The van der Waals surface area contributed by atoms with E-state index >= 15 is 0 Å². The van der Waals surface area contributed by atoms with Crippen LogP contribution in [-0.4, -0.2) is 27.2 Å². The quantitative estimate of drug-likeness (QED) is 0.760. The molecule has 0 bridgehead atoms. The van der Waals surface area contributed by atoms with Crippen LogP contribution in [0.5, 0.6) is 0 Å². The van der Waals surface area contributed by atoms with Crippen LogP contribution in [0.25, 0.3) is 10.2 Å². The molecule has 2 aromatic heterocycles. The molecule has 0 aliphatic rings. The Morgan fingerprint density at radius 1 is 1.19 bits per heavy atom. The molecule has 4 nitrogen and oxygen atoms in total. The molecule has 3 aromatic rings. The molecule has 0 aliphatic carbocycles. The zero-order chi connectivity index (χ0) is 14.7. The Bertz CT molecular complexity index is 714. The Morgan fingerprint density at radius 3 is 2.81 bits per heavy atom. The first-order chi connectivity index (χ1) is 10.2. The molecule has 0 saturated carbocycles. The van der Waals surface area contributed by atoms with Crippen LogP contribution in [-0.2, 0) is 6.42 Å². The molecule has 0 radical (unpaired) electrons. The van der Waals surface area contributed by atoms with Gasteiger partial charge in [0, 0.05) is 6.42 Å². The molecule has 0 fully saturated rings. The number of hydrogen-bond acceptors (Lipinski definition) is 5. The fourth-order valence-electron chi connectivity index (χ4n) is 2.25. The van der Waals surface area contributed by atoms with Crippen molar-refractivity contribution < 1.29 is 5.11 Å². The Balaban J connectivity index is 1.71. The maximum atomic E-state index is 10.4. The van der Waals surface area contributed by atoms with E-state index in [0.717, 1.165) is 21.6 Å². The summed E-state index contributed by atoms with van der Waals surface area (Å²) in [6.45, 7) is 1.97. The summed E-state index contributed by atoms with van der Waals surface area (Å²) in [6.07, 6.45) is 1.70. The van der Waals surface area contributed by atoms with Crippen molar-refractivity contribution in [3.05, 3.63) is 53.7 Å². The summed E-state index contributed by atoms with van der Waals surface area (Å²) in [5, 5.41) is 16.6. The number of anilines is 1. The van der Waals surface area contributed by atoms with Gasteiger partial charge in [-0.3, -0.25) is 0 Å². The van der Waals surface area contributed by atoms with Crippen LogP contribution >= 0.6 is 11.3 Å². The minimum absolute atomic E-state index is 0.0943. The number of thiophene rings is 1. The fraction of sp³-hybridized carbons (Fsp3) is 0.250. The van der Waals surface area contributed by atoms with Gasteiger partial charge in [0.1, 0.15) is 17.0 Å². The number of hydrogen-bond donors (Lipinski definition) is 2. The number of fused-ring (bicyclic) bond motifs is 1. The van der Waals surface area contributed by atoms with E-state index in [2.05, 4.69) is 15.3 Å². The van der Waals surface area contributed by atoms with E-state index in [9.17, 15) is 5.11 Å². The maximum Gasteiger partial charge on any atom is 0.138 e. The number of aromatic nitrogens is 2. The molecule has 21 heavy (non-hydrogen) atoms.